The second-order valence-corrected chi connectivity index (χ2v) is 12.8. The van der Waals surface area contributed by atoms with Crippen LogP contribution in [0.4, 0.5) is 4.39 Å². The van der Waals surface area contributed by atoms with Gasteiger partial charge in [0.1, 0.15) is 17.3 Å². The molecule has 0 amide bonds. The van der Waals surface area contributed by atoms with Gasteiger partial charge in [0, 0.05) is 48.0 Å². The Labute approximate surface area is 226 Å². The van der Waals surface area contributed by atoms with Crippen LogP contribution in [0.5, 0.6) is 11.5 Å². The molecule has 0 bridgehead atoms. The van der Waals surface area contributed by atoms with Crippen LogP contribution in [-0.2, 0) is 9.84 Å². The quantitative estimate of drug-likeness (QED) is 0.443. The lowest BCUT2D eigenvalue weighted by Crippen LogP contribution is -2.54. The number of phenols is 2. The smallest absolute Gasteiger partial charge is 0.167 e. The Hall–Kier alpha value is -3.56. The van der Waals surface area contributed by atoms with E-state index in [4.69, 9.17) is 0 Å². The molecule has 0 aliphatic carbocycles. The van der Waals surface area contributed by atoms with E-state index in [2.05, 4.69) is 0 Å². The lowest BCUT2D eigenvalue weighted by Gasteiger charge is -2.45. The summed E-state index contributed by atoms with van der Waals surface area (Å²) in [7, 11) is -3.24. The minimum absolute atomic E-state index is 0.0386. The van der Waals surface area contributed by atoms with Gasteiger partial charge in [-0.2, -0.15) is 0 Å². The molecule has 204 valence electrons. The van der Waals surface area contributed by atoms with Crippen LogP contribution in [0, 0.1) is 24.6 Å². The number of ketones is 2. The SMILES string of the molecule is Cc1c(F)cccc1C1[C@@H](C(=O)c2cccc(O)c2)CN(C2CCS(=O)(=O)C2)C[C@@H]1C(=O)c1cccc(O)c1. The molecule has 1 unspecified atom stereocenters. The molecule has 39 heavy (non-hydrogen) atoms. The van der Waals surface area contributed by atoms with Gasteiger partial charge >= 0.3 is 0 Å². The van der Waals surface area contributed by atoms with Gasteiger partial charge in [0.25, 0.3) is 0 Å². The molecule has 0 aromatic heterocycles. The average Bonchev–Trinajstić information content (AvgIpc) is 3.28. The molecule has 3 aromatic carbocycles. The number of benzene rings is 3. The fourth-order valence-corrected chi connectivity index (χ4v) is 7.87. The number of hydrogen-bond acceptors (Lipinski definition) is 7. The van der Waals surface area contributed by atoms with Gasteiger partial charge in [0.15, 0.2) is 21.4 Å². The molecule has 7 nitrogen and oxygen atoms in total. The zero-order valence-corrected chi connectivity index (χ0v) is 22.3. The molecule has 2 N–H and O–H groups in total. The third-order valence-corrected chi connectivity index (χ3v) is 9.81. The normalized spacial score (nSPS) is 23.5. The fraction of sp³-hybridized carbons (Fsp3) is 0.333. The van der Waals surface area contributed by atoms with Gasteiger partial charge in [0.05, 0.1) is 11.5 Å². The van der Waals surface area contributed by atoms with Crippen molar-refractivity contribution in [3.05, 3.63) is 94.8 Å². The van der Waals surface area contributed by atoms with Crippen molar-refractivity contribution >= 4 is 21.4 Å². The number of piperidine rings is 1. The van der Waals surface area contributed by atoms with Gasteiger partial charge < -0.3 is 10.2 Å². The molecule has 3 aromatic rings. The molecule has 0 radical (unpaired) electrons. The van der Waals surface area contributed by atoms with Crippen LogP contribution >= 0.6 is 0 Å². The summed E-state index contributed by atoms with van der Waals surface area (Å²) in [5.41, 5.74) is 1.37. The van der Waals surface area contributed by atoms with E-state index < -0.39 is 33.4 Å². The molecule has 9 heteroatoms. The lowest BCUT2D eigenvalue weighted by atomic mass is 9.67. The van der Waals surface area contributed by atoms with Crippen LogP contribution < -0.4 is 0 Å². The first kappa shape index (κ1) is 27.0. The number of likely N-dealkylation sites (tertiary alicyclic amines) is 1. The fourth-order valence-electron chi connectivity index (χ4n) is 6.11. The van der Waals surface area contributed by atoms with Crippen molar-refractivity contribution in [3.63, 3.8) is 0 Å². The number of carbonyl (C=O) groups excluding carboxylic acids is 2. The zero-order valence-electron chi connectivity index (χ0n) is 21.5. The third-order valence-electron chi connectivity index (χ3n) is 8.06. The van der Waals surface area contributed by atoms with Crippen molar-refractivity contribution < 1.29 is 32.6 Å². The molecule has 2 aliphatic heterocycles. The number of carbonyl (C=O) groups is 2. The van der Waals surface area contributed by atoms with Crippen molar-refractivity contribution in [2.75, 3.05) is 24.6 Å². The molecule has 5 rings (SSSR count). The Morgan fingerprint density at radius 3 is 1.90 bits per heavy atom. The van der Waals surface area contributed by atoms with Crippen molar-refractivity contribution in [2.45, 2.75) is 25.3 Å². The highest BCUT2D eigenvalue weighted by atomic mass is 32.2. The van der Waals surface area contributed by atoms with Crippen LogP contribution in [0.1, 0.15) is 44.2 Å². The second-order valence-electron chi connectivity index (χ2n) is 10.5. The molecule has 2 aliphatic rings. The molecule has 0 saturated carbocycles. The monoisotopic (exact) mass is 551 g/mol. The van der Waals surface area contributed by atoms with Gasteiger partial charge in [-0.3, -0.25) is 14.5 Å². The van der Waals surface area contributed by atoms with Gasteiger partial charge in [-0.15, -0.1) is 0 Å². The molecule has 0 spiro atoms. The zero-order chi connectivity index (χ0) is 27.9. The maximum Gasteiger partial charge on any atom is 0.167 e. The van der Waals surface area contributed by atoms with Gasteiger partial charge in [-0.1, -0.05) is 36.4 Å². The molecule has 2 heterocycles. The number of phenolic OH excluding ortho intramolecular Hbond substituents is 2. The lowest BCUT2D eigenvalue weighted by molar-refractivity contribution is 0.0484. The molecular weight excluding hydrogens is 521 g/mol. The Bertz CT molecular complexity index is 1470. The summed E-state index contributed by atoms with van der Waals surface area (Å²) in [6.07, 6.45) is 0.395. The maximum atomic E-state index is 14.8. The molecule has 3 atom stereocenters. The Morgan fingerprint density at radius 1 is 0.872 bits per heavy atom. The van der Waals surface area contributed by atoms with E-state index in [0.29, 0.717) is 17.5 Å². The van der Waals surface area contributed by atoms with Crippen molar-refractivity contribution in [2.24, 2.45) is 11.8 Å². The summed E-state index contributed by atoms with van der Waals surface area (Å²) in [4.78, 5) is 30.1. The number of hydrogen-bond donors (Lipinski definition) is 2. The second kappa shape index (κ2) is 10.5. The number of aromatic hydroxyl groups is 2. The maximum absolute atomic E-state index is 14.8. The predicted molar refractivity (Wildman–Crippen MR) is 144 cm³/mol. The van der Waals surface area contributed by atoms with E-state index in [1.165, 1.54) is 30.3 Å². The van der Waals surface area contributed by atoms with Gasteiger partial charge in [0.2, 0.25) is 0 Å². The highest BCUT2D eigenvalue weighted by Crippen LogP contribution is 2.44. The summed E-state index contributed by atoms with van der Waals surface area (Å²) in [6.45, 7) is 1.98. The van der Waals surface area contributed by atoms with E-state index in [1.807, 2.05) is 4.90 Å². The van der Waals surface area contributed by atoms with E-state index in [0.717, 1.165) is 0 Å². The molecule has 2 saturated heterocycles. The first-order valence-electron chi connectivity index (χ1n) is 12.9. The first-order chi connectivity index (χ1) is 18.5. The summed E-state index contributed by atoms with van der Waals surface area (Å²) in [6, 6.07) is 16.2. The number of Topliss-reactive ketones (excluding diaryl/α,β-unsaturated/α-hetero) is 2. The minimum Gasteiger partial charge on any atom is -0.508 e. The third kappa shape index (κ3) is 5.46. The Kier molecular flexibility index (Phi) is 7.31. The summed E-state index contributed by atoms with van der Waals surface area (Å²) < 4.78 is 39.5. The summed E-state index contributed by atoms with van der Waals surface area (Å²) >= 11 is 0. The van der Waals surface area contributed by atoms with Crippen molar-refractivity contribution in [3.8, 4) is 11.5 Å². The van der Waals surface area contributed by atoms with E-state index in [9.17, 15) is 32.6 Å². The topological polar surface area (TPSA) is 112 Å². The Morgan fingerprint density at radius 2 is 1.41 bits per heavy atom. The van der Waals surface area contributed by atoms with Crippen molar-refractivity contribution in [1.82, 2.24) is 4.90 Å². The van der Waals surface area contributed by atoms with E-state index >= 15 is 0 Å². The van der Waals surface area contributed by atoms with Crippen LogP contribution in [0.3, 0.4) is 0 Å². The number of nitrogens with zero attached hydrogens (tertiary/aromatic N) is 1. The standard InChI is InChI=1S/C30H30FNO6S/c1-18-24(9-4-10-27(18)31)28-25(29(35)19-5-2-7-22(33)13-19)15-32(21-11-12-39(37,38)17-21)16-26(28)30(36)20-6-3-8-23(34)14-20/h2-10,13-14,21,25-26,28,33-34H,11-12,15-17H2,1H3/t21?,25-,26-/m0/s1. The van der Waals surface area contributed by atoms with Crippen molar-refractivity contribution in [1.29, 1.82) is 0 Å². The van der Waals surface area contributed by atoms with Crippen LogP contribution in [0.25, 0.3) is 0 Å². The number of halogens is 1. The molecular formula is C30H30FNO6S. The van der Waals surface area contributed by atoms with Crippen LogP contribution in [0.2, 0.25) is 0 Å². The first-order valence-corrected chi connectivity index (χ1v) is 14.7. The Balaban J connectivity index is 1.66. The van der Waals surface area contributed by atoms with Crippen LogP contribution in [0.15, 0.2) is 66.7 Å². The van der Waals surface area contributed by atoms with E-state index in [-0.39, 0.29) is 64.8 Å². The average molecular weight is 552 g/mol. The summed E-state index contributed by atoms with van der Waals surface area (Å²) in [5, 5.41) is 20.1. The largest absolute Gasteiger partial charge is 0.508 e. The predicted octanol–water partition coefficient (Wildman–Crippen LogP) is 4.13. The number of sulfone groups is 1. The van der Waals surface area contributed by atoms with Crippen LogP contribution in [-0.4, -0.2) is 65.7 Å². The van der Waals surface area contributed by atoms with E-state index in [1.54, 1.807) is 43.3 Å². The molecule has 2 fully saturated rings. The highest BCUT2D eigenvalue weighted by molar-refractivity contribution is 7.91. The van der Waals surface area contributed by atoms with Gasteiger partial charge in [-0.05, 0) is 54.8 Å². The highest BCUT2D eigenvalue weighted by Gasteiger charge is 2.48. The minimum atomic E-state index is -3.24. The number of rotatable bonds is 6. The summed E-state index contributed by atoms with van der Waals surface area (Å²) in [5.74, 6) is -3.65. The van der Waals surface area contributed by atoms with Gasteiger partial charge in [-0.25, -0.2) is 12.8 Å².